The highest BCUT2D eigenvalue weighted by atomic mass is 19.1. The molecule has 0 aliphatic carbocycles. The van der Waals surface area contributed by atoms with Crippen LogP contribution in [0.15, 0.2) is 12.1 Å². The molecule has 0 saturated carbocycles. The largest absolute Gasteiger partial charge is 0.481 e. The Morgan fingerprint density at radius 1 is 1.44 bits per heavy atom. The molecule has 1 amide bonds. The van der Waals surface area contributed by atoms with Crippen LogP contribution in [0.5, 0.6) is 5.75 Å². The smallest absolute Gasteiger partial charge is 0.307 e. The Morgan fingerprint density at radius 3 is 2.61 bits per heavy atom. The number of halogens is 1. The number of carboxylic acid groups (broad SMARTS) is 1. The third-order valence-electron chi connectivity index (χ3n) is 2.13. The average molecular weight is 257 g/mol. The van der Waals surface area contributed by atoms with E-state index in [-0.39, 0.29) is 23.7 Å². The Balaban J connectivity index is 3.29. The van der Waals surface area contributed by atoms with E-state index in [0.29, 0.717) is 0 Å². The monoisotopic (exact) mass is 257 g/mol. The average Bonchev–Trinajstić information content (AvgIpc) is 2.27. The number of nitrogens with two attached hydrogens (primary N) is 1. The van der Waals surface area contributed by atoms with Crippen molar-refractivity contribution in [2.75, 3.05) is 13.9 Å². The van der Waals surface area contributed by atoms with Crippen molar-refractivity contribution in [2.45, 2.75) is 6.42 Å². The number of hydrogen-bond donors (Lipinski definition) is 2. The predicted octanol–water partition coefficient (Wildman–Crippen LogP) is 0.534. The molecule has 0 radical (unpaired) electrons. The van der Waals surface area contributed by atoms with E-state index in [1.165, 1.54) is 7.11 Å². The minimum absolute atomic E-state index is 0.0927. The van der Waals surface area contributed by atoms with Gasteiger partial charge in [0.05, 0.1) is 6.42 Å². The van der Waals surface area contributed by atoms with Gasteiger partial charge in [0.25, 0.3) is 0 Å². The van der Waals surface area contributed by atoms with Crippen LogP contribution in [0.3, 0.4) is 0 Å². The van der Waals surface area contributed by atoms with Crippen molar-refractivity contribution in [3.63, 3.8) is 0 Å². The molecular formula is C11H12FNO5. The van der Waals surface area contributed by atoms with Crippen LogP contribution < -0.4 is 10.5 Å². The second-order valence-electron chi connectivity index (χ2n) is 3.39. The summed E-state index contributed by atoms with van der Waals surface area (Å²) in [4.78, 5) is 21.9. The Morgan fingerprint density at radius 2 is 2.11 bits per heavy atom. The third-order valence-corrected chi connectivity index (χ3v) is 2.13. The first-order valence-corrected chi connectivity index (χ1v) is 4.92. The number of carbonyl (C=O) groups is 2. The molecule has 0 spiro atoms. The minimum atomic E-state index is -1.23. The van der Waals surface area contributed by atoms with Gasteiger partial charge in [-0.25, -0.2) is 4.39 Å². The van der Waals surface area contributed by atoms with Gasteiger partial charge in [-0.3, -0.25) is 9.59 Å². The molecule has 0 aliphatic heterocycles. The number of rotatable bonds is 6. The molecule has 18 heavy (non-hydrogen) atoms. The van der Waals surface area contributed by atoms with Crippen LogP contribution >= 0.6 is 0 Å². The van der Waals surface area contributed by atoms with E-state index in [9.17, 15) is 14.0 Å². The molecule has 0 atom stereocenters. The van der Waals surface area contributed by atoms with Crippen LogP contribution in [0.25, 0.3) is 0 Å². The molecular weight excluding hydrogens is 245 g/mol. The van der Waals surface area contributed by atoms with E-state index in [1.807, 2.05) is 0 Å². The summed E-state index contributed by atoms with van der Waals surface area (Å²) in [5, 5.41) is 8.75. The molecule has 0 fully saturated rings. The van der Waals surface area contributed by atoms with Crippen LogP contribution in [-0.4, -0.2) is 30.9 Å². The summed E-state index contributed by atoms with van der Waals surface area (Å²) in [6.45, 7) is -0.272. The van der Waals surface area contributed by atoms with Crippen molar-refractivity contribution in [1.29, 1.82) is 0 Å². The first-order chi connectivity index (χ1) is 8.47. The number of hydrogen-bond acceptors (Lipinski definition) is 4. The third kappa shape index (κ3) is 3.17. The van der Waals surface area contributed by atoms with Gasteiger partial charge < -0.3 is 20.3 Å². The number of primary amides is 1. The molecule has 3 N–H and O–H groups in total. The van der Waals surface area contributed by atoms with Crippen LogP contribution in [0.2, 0.25) is 0 Å². The summed E-state index contributed by atoms with van der Waals surface area (Å²) in [5.74, 6) is -3.21. The first-order valence-electron chi connectivity index (χ1n) is 4.92. The Bertz CT molecular complexity index is 475. The normalized spacial score (nSPS) is 10.1. The van der Waals surface area contributed by atoms with E-state index in [4.69, 9.17) is 15.6 Å². The first kappa shape index (κ1) is 13.9. The molecule has 6 nitrogen and oxygen atoms in total. The highest BCUT2D eigenvalue weighted by molar-refractivity contribution is 5.96. The summed E-state index contributed by atoms with van der Waals surface area (Å²) in [6, 6.07) is 2.10. The van der Waals surface area contributed by atoms with Crippen LogP contribution in [0.1, 0.15) is 15.9 Å². The van der Waals surface area contributed by atoms with E-state index < -0.39 is 24.1 Å². The molecule has 1 rings (SSSR count). The van der Waals surface area contributed by atoms with Gasteiger partial charge in [-0.05, 0) is 12.1 Å². The lowest BCUT2D eigenvalue weighted by Gasteiger charge is -2.13. The molecule has 0 aliphatic rings. The second-order valence-corrected chi connectivity index (χ2v) is 3.39. The fourth-order valence-corrected chi connectivity index (χ4v) is 1.43. The number of carboxylic acids is 1. The Kier molecular flexibility index (Phi) is 4.61. The fourth-order valence-electron chi connectivity index (χ4n) is 1.43. The van der Waals surface area contributed by atoms with Crippen LogP contribution in [0, 0.1) is 5.82 Å². The number of carbonyl (C=O) groups excluding carboxylic acids is 1. The van der Waals surface area contributed by atoms with Crippen molar-refractivity contribution in [2.24, 2.45) is 5.73 Å². The summed E-state index contributed by atoms with van der Waals surface area (Å²) in [7, 11) is 1.33. The van der Waals surface area contributed by atoms with Crippen LogP contribution in [-0.2, 0) is 16.0 Å². The van der Waals surface area contributed by atoms with Gasteiger partial charge in [-0.1, -0.05) is 0 Å². The zero-order valence-electron chi connectivity index (χ0n) is 9.60. The molecule has 98 valence electrons. The van der Waals surface area contributed by atoms with E-state index in [1.54, 1.807) is 0 Å². The summed E-state index contributed by atoms with van der Waals surface area (Å²) < 4.78 is 23.1. The summed E-state index contributed by atoms with van der Waals surface area (Å²) >= 11 is 0. The zero-order chi connectivity index (χ0) is 13.7. The number of ether oxygens (including phenoxy) is 2. The molecule has 0 heterocycles. The molecule has 7 heteroatoms. The lowest BCUT2D eigenvalue weighted by atomic mass is 10.0. The fraction of sp³-hybridized carbons (Fsp3) is 0.273. The highest BCUT2D eigenvalue weighted by Crippen LogP contribution is 2.27. The predicted molar refractivity (Wildman–Crippen MR) is 58.8 cm³/mol. The van der Waals surface area contributed by atoms with Gasteiger partial charge in [0, 0.05) is 18.2 Å². The van der Waals surface area contributed by atoms with E-state index in [2.05, 4.69) is 4.74 Å². The molecule has 0 saturated heterocycles. The van der Waals surface area contributed by atoms with Crippen LogP contribution in [0.4, 0.5) is 4.39 Å². The van der Waals surface area contributed by atoms with E-state index in [0.717, 1.165) is 12.1 Å². The number of methoxy groups -OCH3 is 1. The zero-order valence-corrected chi connectivity index (χ0v) is 9.60. The highest BCUT2D eigenvalue weighted by Gasteiger charge is 2.20. The standard InChI is InChI=1S/C11H12FNO5/c1-17-5-18-10-7(4-9(14)15)6(11(13)16)2-3-8(10)12/h2-3H,4-5H2,1H3,(H2,13,16)(H,14,15). The lowest BCUT2D eigenvalue weighted by Crippen LogP contribution is -2.18. The van der Waals surface area contributed by atoms with Crippen molar-refractivity contribution < 1.29 is 28.6 Å². The van der Waals surface area contributed by atoms with Crippen molar-refractivity contribution in [3.05, 3.63) is 29.1 Å². The number of benzene rings is 1. The van der Waals surface area contributed by atoms with Crippen molar-refractivity contribution in [3.8, 4) is 5.75 Å². The van der Waals surface area contributed by atoms with Gasteiger partial charge in [0.15, 0.2) is 18.4 Å². The van der Waals surface area contributed by atoms with Gasteiger partial charge in [0.1, 0.15) is 0 Å². The summed E-state index contributed by atoms with van der Waals surface area (Å²) in [5.41, 5.74) is 4.90. The molecule has 0 bridgehead atoms. The molecule has 1 aromatic rings. The lowest BCUT2D eigenvalue weighted by molar-refractivity contribution is -0.136. The van der Waals surface area contributed by atoms with Gasteiger partial charge in [-0.2, -0.15) is 0 Å². The minimum Gasteiger partial charge on any atom is -0.481 e. The van der Waals surface area contributed by atoms with Gasteiger partial charge >= 0.3 is 5.97 Å². The quantitative estimate of drug-likeness (QED) is 0.724. The SMILES string of the molecule is COCOc1c(F)ccc(C(N)=O)c1CC(=O)O. The molecule has 0 unspecified atom stereocenters. The number of aliphatic carboxylic acids is 1. The van der Waals surface area contributed by atoms with Crippen molar-refractivity contribution >= 4 is 11.9 Å². The maximum atomic E-state index is 13.5. The topological polar surface area (TPSA) is 98.9 Å². The van der Waals surface area contributed by atoms with E-state index >= 15 is 0 Å². The maximum Gasteiger partial charge on any atom is 0.307 e. The summed E-state index contributed by atoms with van der Waals surface area (Å²) in [6.07, 6.45) is -0.574. The molecule has 1 aromatic carbocycles. The second kappa shape index (κ2) is 5.97. The van der Waals surface area contributed by atoms with Gasteiger partial charge in [-0.15, -0.1) is 0 Å². The maximum absolute atomic E-state index is 13.5. The van der Waals surface area contributed by atoms with Gasteiger partial charge in [0.2, 0.25) is 5.91 Å². The Labute approximate surface area is 102 Å². The molecule has 0 aromatic heterocycles. The Hall–Kier alpha value is -2.15. The number of amides is 1. The van der Waals surface area contributed by atoms with Crippen molar-refractivity contribution in [1.82, 2.24) is 0 Å².